The normalized spacial score (nSPS) is 16.7. The Morgan fingerprint density at radius 1 is 1.39 bits per heavy atom. The lowest BCUT2D eigenvalue weighted by molar-refractivity contribution is -0.121. The molecule has 0 aliphatic carbocycles. The summed E-state index contributed by atoms with van der Waals surface area (Å²) in [4.78, 5) is 16.3. The standard InChI is InChI=1S/C18H23N3O2/c1-2-23-17-6-3-14(4-7-17)5-8-18(22)20-15-9-10-21-13-19-12-16(21)11-15/h3-4,6-7,12-13,15H,2,5,8-11H2,1H3,(H,20,22). The lowest BCUT2D eigenvalue weighted by Crippen LogP contribution is -2.40. The van der Waals surface area contributed by atoms with Crippen LogP contribution in [0.4, 0.5) is 0 Å². The van der Waals surface area contributed by atoms with Crippen LogP contribution in [0.3, 0.4) is 0 Å². The average Bonchev–Trinajstić information content (AvgIpc) is 3.02. The number of benzene rings is 1. The van der Waals surface area contributed by atoms with Crippen molar-refractivity contribution in [2.24, 2.45) is 0 Å². The van der Waals surface area contributed by atoms with Gasteiger partial charge in [0.05, 0.1) is 12.9 Å². The van der Waals surface area contributed by atoms with Crippen LogP contribution in [0.25, 0.3) is 0 Å². The van der Waals surface area contributed by atoms with E-state index in [4.69, 9.17) is 4.74 Å². The van der Waals surface area contributed by atoms with E-state index in [0.717, 1.165) is 37.1 Å². The number of imidazole rings is 1. The molecule has 0 saturated carbocycles. The summed E-state index contributed by atoms with van der Waals surface area (Å²) < 4.78 is 7.58. The number of aromatic nitrogens is 2. The Morgan fingerprint density at radius 2 is 2.22 bits per heavy atom. The molecule has 1 aliphatic heterocycles. The summed E-state index contributed by atoms with van der Waals surface area (Å²) >= 11 is 0. The van der Waals surface area contributed by atoms with Gasteiger partial charge in [-0.25, -0.2) is 4.98 Å². The maximum atomic E-state index is 12.1. The molecule has 5 nitrogen and oxygen atoms in total. The number of carbonyl (C=O) groups is 1. The van der Waals surface area contributed by atoms with Crippen LogP contribution >= 0.6 is 0 Å². The van der Waals surface area contributed by atoms with Gasteiger partial charge in [-0.3, -0.25) is 4.79 Å². The topological polar surface area (TPSA) is 56.1 Å². The number of hydrogen-bond acceptors (Lipinski definition) is 3. The first kappa shape index (κ1) is 15.6. The van der Waals surface area contributed by atoms with Crippen molar-refractivity contribution < 1.29 is 9.53 Å². The molecule has 1 amide bonds. The van der Waals surface area contributed by atoms with Gasteiger partial charge in [0.25, 0.3) is 0 Å². The fourth-order valence-electron chi connectivity index (χ4n) is 2.97. The van der Waals surface area contributed by atoms with Crippen LogP contribution < -0.4 is 10.1 Å². The molecule has 1 atom stereocenters. The maximum Gasteiger partial charge on any atom is 0.220 e. The minimum Gasteiger partial charge on any atom is -0.494 e. The third-order valence-corrected chi connectivity index (χ3v) is 4.21. The largest absolute Gasteiger partial charge is 0.494 e. The van der Waals surface area contributed by atoms with Crippen LogP contribution in [0.5, 0.6) is 5.75 Å². The number of nitrogens with zero attached hydrogens (tertiary/aromatic N) is 2. The number of ether oxygens (including phenoxy) is 1. The van der Waals surface area contributed by atoms with E-state index in [0.29, 0.717) is 13.0 Å². The number of hydrogen-bond donors (Lipinski definition) is 1. The Balaban J connectivity index is 1.45. The molecule has 0 radical (unpaired) electrons. The zero-order chi connectivity index (χ0) is 16.1. The van der Waals surface area contributed by atoms with Crippen molar-refractivity contribution in [2.75, 3.05) is 6.61 Å². The first-order chi connectivity index (χ1) is 11.2. The predicted octanol–water partition coefficient (Wildman–Crippen LogP) is 2.35. The highest BCUT2D eigenvalue weighted by atomic mass is 16.5. The molecule has 1 N–H and O–H groups in total. The van der Waals surface area contributed by atoms with E-state index in [1.54, 1.807) is 0 Å². The van der Waals surface area contributed by atoms with Crippen molar-refractivity contribution in [1.29, 1.82) is 0 Å². The van der Waals surface area contributed by atoms with Crippen molar-refractivity contribution in [3.8, 4) is 5.75 Å². The van der Waals surface area contributed by atoms with Crippen LogP contribution in [-0.4, -0.2) is 28.1 Å². The summed E-state index contributed by atoms with van der Waals surface area (Å²) in [5.41, 5.74) is 2.36. The molecule has 0 fully saturated rings. The van der Waals surface area contributed by atoms with E-state index >= 15 is 0 Å². The van der Waals surface area contributed by atoms with Gasteiger partial charge in [-0.15, -0.1) is 0 Å². The zero-order valence-corrected chi connectivity index (χ0v) is 13.5. The quantitative estimate of drug-likeness (QED) is 0.890. The second-order valence-corrected chi connectivity index (χ2v) is 5.91. The minimum atomic E-state index is 0.122. The van der Waals surface area contributed by atoms with Crippen molar-refractivity contribution in [2.45, 2.75) is 45.2 Å². The molecule has 0 saturated heterocycles. The fourth-order valence-corrected chi connectivity index (χ4v) is 2.97. The van der Waals surface area contributed by atoms with Crippen molar-refractivity contribution in [3.63, 3.8) is 0 Å². The van der Waals surface area contributed by atoms with E-state index in [-0.39, 0.29) is 11.9 Å². The predicted molar refractivity (Wildman–Crippen MR) is 88.4 cm³/mol. The van der Waals surface area contributed by atoms with Gasteiger partial charge in [-0.2, -0.15) is 0 Å². The Hall–Kier alpha value is -2.30. The SMILES string of the molecule is CCOc1ccc(CCC(=O)NC2CCn3cncc3C2)cc1. The number of amides is 1. The van der Waals surface area contributed by atoms with Gasteiger partial charge in [-0.1, -0.05) is 12.1 Å². The number of aryl methyl sites for hydroxylation is 2. The number of carbonyl (C=O) groups excluding carboxylic acids is 1. The highest BCUT2D eigenvalue weighted by Gasteiger charge is 2.19. The highest BCUT2D eigenvalue weighted by molar-refractivity contribution is 5.76. The molecule has 2 heterocycles. The first-order valence-corrected chi connectivity index (χ1v) is 8.24. The Bertz CT molecular complexity index is 649. The van der Waals surface area contributed by atoms with Crippen LogP contribution in [-0.2, 0) is 24.2 Å². The summed E-state index contributed by atoms with van der Waals surface area (Å²) in [6.45, 7) is 3.57. The summed E-state index contributed by atoms with van der Waals surface area (Å²) in [5.74, 6) is 0.997. The molecule has 23 heavy (non-hydrogen) atoms. The molecule has 3 rings (SSSR count). The molecule has 5 heteroatoms. The highest BCUT2D eigenvalue weighted by Crippen LogP contribution is 2.15. The molecule has 122 valence electrons. The van der Waals surface area contributed by atoms with E-state index in [9.17, 15) is 4.79 Å². The third-order valence-electron chi connectivity index (χ3n) is 4.21. The van der Waals surface area contributed by atoms with E-state index in [1.807, 2.05) is 43.7 Å². The molecule has 1 aromatic heterocycles. The number of rotatable bonds is 6. The van der Waals surface area contributed by atoms with E-state index < -0.39 is 0 Å². The molecule has 1 aromatic carbocycles. The smallest absolute Gasteiger partial charge is 0.220 e. The average molecular weight is 313 g/mol. The van der Waals surface area contributed by atoms with Gasteiger partial charge >= 0.3 is 0 Å². The van der Waals surface area contributed by atoms with Gasteiger partial charge in [0.1, 0.15) is 5.75 Å². The Labute approximate surface area is 136 Å². The summed E-state index contributed by atoms with van der Waals surface area (Å²) in [7, 11) is 0. The number of nitrogens with one attached hydrogen (secondary N) is 1. The van der Waals surface area contributed by atoms with Crippen LogP contribution in [0.15, 0.2) is 36.8 Å². The molecule has 1 aliphatic rings. The summed E-state index contributed by atoms with van der Waals surface area (Å²) in [6, 6.07) is 8.19. The third kappa shape index (κ3) is 4.12. The first-order valence-electron chi connectivity index (χ1n) is 8.24. The monoisotopic (exact) mass is 313 g/mol. The van der Waals surface area contributed by atoms with E-state index in [1.165, 1.54) is 5.69 Å². The lowest BCUT2D eigenvalue weighted by Gasteiger charge is -2.24. The molecule has 1 unspecified atom stereocenters. The van der Waals surface area contributed by atoms with Crippen molar-refractivity contribution in [3.05, 3.63) is 48.0 Å². The van der Waals surface area contributed by atoms with Crippen molar-refractivity contribution in [1.82, 2.24) is 14.9 Å². The van der Waals surface area contributed by atoms with Crippen LogP contribution in [0.1, 0.15) is 31.0 Å². The molecule has 0 spiro atoms. The Morgan fingerprint density at radius 3 is 3.00 bits per heavy atom. The van der Waals surface area contributed by atoms with Crippen LogP contribution in [0.2, 0.25) is 0 Å². The van der Waals surface area contributed by atoms with Gasteiger partial charge in [0, 0.05) is 37.3 Å². The molecular weight excluding hydrogens is 290 g/mol. The van der Waals surface area contributed by atoms with Crippen LogP contribution in [0, 0.1) is 0 Å². The molecular formula is C18H23N3O2. The second-order valence-electron chi connectivity index (χ2n) is 5.91. The number of fused-ring (bicyclic) bond motifs is 1. The summed E-state index contributed by atoms with van der Waals surface area (Å²) in [5, 5.41) is 3.15. The minimum absolute atomic E-state index is 0.122. The summed E-state index contributed by atoms with van der Waals surface area (Å²) in [6.07, 6.45) is 6.86. The second kappa shape index (κ2) is 7.31. The lowest BCUT2D eigenvalue weighted by atomic mass is 10.0. The fraction of sp³-hybridized carbons (Fsp3) is 0.444. The Kier molecular flexibility index (Phi) is 4.95. The van der Waals surface area contributed by atoms with Gasteiger partial charge < -0.3 is 14.6 Å². The van der Waals surface area contributed by atoms with E-state index in [2.05, 4.69) is 14.9 Å². The van der Waals surface area contributed by atoms with Gasteiger partial charge in [0.15, 0.2) is 0 Å². The van der Waals surface area contributed by atoms with Gasteiger partial charge in [-0.05, 0) is 37.5 Å². The van der Waals surface area contributed by atoms with Crippen molar-refractivity contribution >= 4 is 5.91 Å². The van der Waals surface area contributed by atoms with Gasteiger partial charge in [0.2, 0.25) is 5.91 Å². The molecule has 2 aromatic rings. The zero-order valence-electron chi connectivity index (χ0n) is 13.5. The maximum absolute atomic E-state index is 12.1. The molecule has 0 bridgehead atoms.